The van der Waals surface area contributed by atoms with Crippen LogP contribution in [0.25, 0.3) is 16.5 Å². The van der Waals surface area contributed by atoms with Gasteiger partial charge in [-0.3, -0.25) is 14.9 Å². The van der Waals surface area contributed by atoms with E-state index in [-0.39, 0.29) is 28.5 Å². The summed E-state index contributed by atoms with van der Waals surface area (Å²) in [6.45, 7) is 7.78. The van der Waals surface area contributed by atoms with Crippen LogP contribution >= 0.6 is 0 Å². The molecule has 0 fully saturated rings. The Morgan fingerprint density at radius 2 is 1.89 bits per heavy atom. The van der Waals surface area contributed by atoms with E-state index in [2.05, 4.69) is 35.4 Å². The zero-order chi connectivity index (χ0) is 26.1. The van der Waals surface area contributed by atoms with Crippen molar-refractivity contribution in [2.75, 3.05) is 19.4 Å². The van der Waals surface area contributed by atoms with Crippen LogP contribution in [-0.4, -0.2) is 39.8 Å². The van der Waals surface area contributed by atoms with Gasteiger partial charge in [-0.25, -0.2) is 9.97 Å². The minimum atomic E-state index is -0.364. The van der Waals surface area contributed by atoms with Crippen LogP contribution in [0, 0.1) is 36.8 Å². The fourth-order valence-corrected chi connectivity index (χ4v) is 4.96. The highest BCUT2D eigenvalue weighted by Crippen LogP contribution is 2.36. The van der Waals surface area contributed by atoms with Crippen molar-refractivity contribution in [3.05, 3.63) is 74.6 Å². The fraction of sp³-hybridized carbons (Fsp3) is 0.393. The van der Waals surface area contributed by atoms with Crippen LogP contribution < -0.4 is 5.32 Å². The Morgan fingerprint density at radius 3 is 2.53 bits per heavy atom. The van der Waals surface area contributed by atoms with E-state index in [4.69, 9.17) is 4.98 Å². The molecular weight excluding hydrogens is 454 g/mol. The minimum Gasteiger partial charge on any atom is -0.363 e. The summed E-state index contributed by atoms with van der Waals surface area (Å²) in [4.78, 5) is 34.4. The van der Waals surface area contributed by atoms with E-state index in [1.54, 1.807) is 17.0 Å². The first-order chi connectivity index (χ1) is 17.0. The molecule has 8 nitrogen and oxygen atoms in total. The molecule has 1 unspecified atom stereocenters. The van der Waals surface area contributed by atoms with Crippen LogP contribution in [0.1, 0.15) is 60.3 Å². The van der Waals surface area contributed by atoms with Gasteiger partial charge in [0.05, 0.1) is 16.5 Å². The molecule has 0 saturated heterocycles. The first-order valence-electron chi connectivity index (χ1n) is 12.3. The minimum absolute atomic E-state index is 0.0342. The van der Waals surface area contributed by atoms with E-state index in [1.807, 2.05) is 40.9 Å². The van der Waals surface area contributed by atoms with Crippen molar-refractivity contribution in [1.82, 2.24) is 14.9 Å². The molecule has 0 bridgehead atoms. The number of nitrogens with one attached hydrogen (secondary N) is 1. The van der Waals surface area contributed by atoms with Gasteiger partial charge in [0, 0.05) is 37.5 Å². The van der Waals surface area contributed by atoms with Gasteiger partial charge in [0.15, 0.2) is 0 Å². The summed E-state index contributed by atoms with van der Waals surface area (Å²) in [6.07, 6.45) is 4.61. The fourth-order valence-electron chi connectivity index (χ4n) is 4.96. The molecule has 8 heteroatoms. The van der Waals surface area contributed by atoms with Gasteiger partial charge in [0.2, 0.25) is 5.91 Å². The van der Waals surface area contributed by atoms with Crippen LogP contribution in [0.2, 0.25) is 0 Å². The Bertz CT molecular complexity index is 1380. The number of nitrogens with zero attached hydrogens (tertiary/aromatic N) is 4. The maximum atomic E-state index is 12.4. The van der Waals surface area contributed by atoms with E-state index < -0.39 is 0 Å². The van der Waals surface area contributed by atoms with Gasteiger partial charge < -0.3 is 10.2 Å². The second-order valence-corrected chi connectivity index (χ2v) is 9.96. The molecular formula is C28H33N5O3. The molecule has 2 atom stereocenters. The second-order valence-electron chi connectivity index (χ2n) is 9.96. The summed E-state index contributed by atoms with van der Waals surface area (Å²) < 4.78 is 0. The number of hydrogen-bond acceptors (Lipinski definition) is 6. The number of aryl methyl sites for hydroxylation is 3. The lowest BCUT2D eigenvalue weighted by Gasteiger charge is -2.25. The predicted molar refractivity (Wildman–Crippen MR) is 143 cm³/mol. The third-order valence-corrected chi connectivity index (χ3v) is 6.85. The Balaban J connectivity index is 1.69. The first kappa shape index (κ1) is 25.3. The molecule has 0 saturated carbocycles. The van der Waals surface area contributed by atoms with Gasteiger partial charge in [0.1, 0.15) is 11.6 Å². The highest BCUT2D eigenvalue weighted by molar-refractivity contribution is 5.93. The largest absolute Gasteiger partial charge is 0.363 e. The summed E-state index contributed by atoms with van der Waals surface area (Å²) in [5.41, 5.74) is 6.12. The van der Waals surface area contributed by atoms with E-state index in [0.29, 0.717) is 11.6 Å². The number of nitro benzene ring substituents is 1. The van der Waals surface area contributed by atoms with Gasteiger partial charge in [-0.15, -0.1) is 0 Å². The number of anilines is 1. The van der Waals surface area contributed by atoms with Gasteiger partial charge in [-0.05, 0) is 86.9 Å². The number of benzene rings is 2. The lowest BCUT2D eigenvalue weighted by atomic mass is 9.84. The average Bonchev–Trinajstić information content (AvgIpc) is 2.82. The molecule has 36 heavy (non-hydrogen) atoms. The van der Waals surface area contributed by atoms with Gasteiger partial charge in [-0.1, -0.05) is 12.1 Å². The Kier molecular flexibility index (Phi) is 7.06. The third-order valence-electron chi connectivity index (χ3n) is 6.85. The number of rotatable bonds is 6. The summed E-state index contributed by atoms with van der Waals surface area (Å²) in [6, 6.07) is 9.16. The maximum Gasteiger partial charge on any atom is 0.270 e. The predicted octanol–water partition coefficient (Wildman–Crippen LogP) is 5.91. The number of amides is 1. The van der Waals surface area contributed by atoms with Crippen LogP contribution in [0.3, 0.4) is 0 Å². The molecule has 4 rings (SSSR count). The number of allylic oxidation sites excluding steroid dienone is 2. The molecule has 1 amide bonds. The number of hydrogen-bond donors (Lipinski definition) is 1. The Morgan fingerprint density at radius 1 is 1.14 bits per heavy atom. The summed E-state index contributed by atoms with van der Waals surface area (Å²) in [5, 5.41) is 15.7. The number of fused-ring (bicyclic) bond motifs is 1. The van der Waals surface area contributed by atoms with E-state index >= 15 is 0 Å². The topological polar surface area (TPSA) is 101 Å². The average molecular weight is 488 g/mol. The molecule has 1 aromatic heterocycles. The zero-order valence-corrected chi connectivity index (χ0v) is 21.8. The van der Waals surface area contributed by atoms with Crippen molar-refractivity contribution in [1.29, 1.82) is 0 Å². The van der Waals surface area contributed by atoms with E-state index in [1.165, 1.54) is 5.57 Å². The van der Waals surface area contributed by atoms with Gasteiger partial charge in [-0.2, -0.15) is 0 Å². The van der Waals surface area contributed by atoms with Gasteiger partial charge in [0.25, 0.3) is 5.69 Å². The Labute approximate surface area is 211 Å². The van der Waals surface area contributed by atoms with Crippen LogP contribution in [0.15, 0.2) is 36.4 Å². The first-order valence-corrected chi connectivity index (χ1v) is 12.3. The lowest BCUT2D eigenvalue weighted by molar-refractivity contribution is -0.385. The molecule has 3 aromatic rings. The number of aromatic nitrogens is 2. The van der Waals surface area contributed by atoms with Crippen molar-refractivity contribution in [3.63, 3.8) is 0 Å². The summed E-state index contributed by atoms with van der Waals surface area (Å²) >= 11 is 0. The molecule has 1 heterocycles. The van der Waals surface area contributed by atoms with Crippen LogP contribution in [0.5, 0.6) is 0 Å². The van der Waals surface area contributed by atoms with E-state index in [0.717, 1.165) is 52.4 Å². The van der Waals surface area contributed by atoms with Crippen LogP contribution in [-0.2, 0) is 4.79 Å². The number of nitro groups is 1. The van der Waals surface area contributed by atoms with Crippen molar-refractivity contribution >= 4 is 33.9 Å². The molecule has 0 spiro atoms. The van der Waals surface area contributed by atoms with Gasteiger partial charge >= 0.3 is 0 Å². The SMILES string of the molecule is Cc1cc([C@@H](C)Nc2nc(C)nc3cc(C)c(C4=CCC(C(=O)N(C)C)CC4)cc23)cc([N+](=O)[O-])c1. The molecule has 1 N–H and O–H groups in total. The highest BCUT2D eigenvalue weighted by Gasteiger charge is 2.24. The van der Waals surface area contributed by atoms with E-state index in [9.17, 15) is 14.9 Å². The molecule has 188 valence electrons. The number of carbonyl (C=O) groups excluding carboxylic acids is 1. The van der Waals surface area contributed by atoms with Crippen LogP contribution in [0.4, 0.5) is 11.5 Å². The zero-order valence-electron chi connectivity index (χ0n) is 21.8. The maximum absolute atomic E-state index is 12.4. The van der Waals surface area contributed by atoms with Crippen molar-refractivity contribution < 1.29 is 9.72 Å². The molecule has 0 radical (unpaired) electrons. The molecule has 1 aliphatic rings. The third kappa shape index (κ3) is 5.22. The smallest absolute Gasteiger partial charge is 0.270 e. The lowest BCUT2D eigenvalue weighted by Crippen LogP contribution is -2.30. The normalized spacial score (nSPS) is 16.4. The molecule has 0 aliphatic heterocycles. The number of carbonyl (C=O) groups is 1. The Hall–Kier alpha value is -3.81. The highest BCUT2D eigenvalue weighted by atomic mass is 16.6. The number of non-ortho nitro benzene ring substituents is 1. The van der Waals surface area contributed by atoms with Crippen molar-refractivity contribution in [2.45, 2.75) is 53.0 Å². The second kappa shape index (κ2) is 10.0. The summed E-state index contributed by atoms with van der Waals surface area (Å²) in [5.74, 6) is 1.57. The summed E-state index contributed by atoms with van der Waals surface area (Å²) in [7, 11) is 3.61. The quantitative estimate of drug-likeness (QED) is 0.343. The molecule has 1 aliphatic carbocycles. The van der Waals surface area contributed by atoms with Crippen molar-refractivity contribution in [3.8, 4) is 0 Å². The molecule has 2 aromatic carbocycles. The standard InChI is InChI=1S/C28H33N5O3/c1-16-11-22(14-23(12-16)33(35)36)18(3)29-27-25-15-24(17(2)13-26(25)30-19(4)31-27)20-7-9-21(10-8-20)28(34)32(5)6/h7,11-15,18,21H,8-10H2,1-6H3,(H,29,30,31)/t18-,21?/m1/s1. The van der Waals surface area contributed by atoms with Crippen molar-refractivity contribution in [2.24, 2.45) is 5.92 Å². The monoisotopic (exact) mass is 487 g/mol.